The molecular weight excluding hydrogens is 438 g/mol. The Morgan fingerprint density at radius 3 is 2.48 bits per heavy atom. The Kier molecular flexibility index (Phi) is 5.46. The third-order valence-corrected chi connectivity index (χ3v) is 5.25. The number of nitrogens with one attached hydrogen (secondary N) is 1. The summed E-state index contributed by atoms with van der Waals surface area (Å²) in [6.07, 6.45) is 0. The van der Waals surface area contributed by atoms with Crippen molar-refractivity contribution in [1.29, 1.82) is 0 Å². The molecule has 2 N–H and O–H groups in total. The molecule has 0 saturated carbocycles. The monoisotopic (exact) mass is 455 g/mol. The molecule has 0 unspecified atom stereocenters. The number of pyridine rings is 1. The summed E-state index contributed by atoms with van der Waals surface area (Å²) >= 11 is 3.34. The average Bonchev–Trinajstić information content (AvgIpc) is 2.74. The molecule has 7 nitrogen and oxygen atoms in total. The normalized spacial score (nSPS) is 14.0. The number of aromatic nitrogens is 1. The van der Waals surface area contributed by atoms with E-state index in [1.54, 1.807) is 48.5 Å². The molecule has 148 valence electrons. The van der Waals surface area contributed by atoms with E-state index in [0.29, 0.717) is 54.3 Å². The van der Waals surface area contributed by atoms with Gasteiger partial charge in [0.2, 0.25) is 0 Å². The maximum Gasteiger partial charge on any atom is 0.336 e. The van der Waals surface area contributed by atoms with Gasteiger partial charge in [-0.2, -0.15) is 0 Å². The number of fused-ring (bicyclic) bond motifs is 1. The first-order chi connectivity index (χ1) is 14.0. The Balaban J connectivity index is 1.67. The van der Waals surface area contributed by atoms with Crippen molar-refractivity contribution < 1.29 is 19.4 Å². The highest BCUT2D eigenvalue weighted by atomic mass is 79.9. The number of nitrogens with zero attached hydrogens (tertiary/aromatic N) is 2. The number of aromatic carboxylic acids is 1. The summed E-state index contributed by atoms with van der Waals surface area (Å²) in [5, 5.41) is 13.0. The lowest BCUT2D eigenvalue weighted by Gasteiger charge is -2.28. The van der Waals surface area contributed by atoms with E-state index in [9.17, 15) is 14.7 Å². The summed E-state index contributed by atoms with van der Waals surface area (Å²) in [5.74, 6) is -0.695. The third kappa shape index (κ3) is 4.23. The Labute approximate surface area is 175 Å². The number of amides is 1. The molecule has 1 aromatic heterocycles. The van der Waals surface area contributed by atoms with Gasteiger partial charge in [0.05, 0.1) is 24.3 Å². The van der Waals surface area contributed by atoms with Gasteiger partial charge in [-0.25, -0.2) is 9.78 Å². The molecule has 1 fully saturated rings. The van der Waals surface area contributed by atoms with Gasteiger partial charge in [-0.05, 0) is 48.5 Å². The van der Waals surface area contributed by atoms with Crippen molar-refractivity contribution in [2.75, 3.05) is 36.5 Å². The van der Waals surface area contributed by atoms with Crippen molar-refractivity contribution in [1.82, 2.24) is 4.98 Å². The zero-order chi connectivity index (χ0) is 20.4. The molecule has 1 amide bonds. The van der Waals surface area contributed by atoms with Gasteiger partial charge in [-0.15, -0.1) is 0 Å². The maximum atomic E-state index is 12.5. The molecule has 4 rings (SSSR count). The lowest BCUT2D eigenvalue weighted by Crippen LogP contribution is -2.36. The number of carbonyl (C=O) groups is 2. The first-order valence-corrected chi connectivity index (χ1v) is 9.88. The van der Waals surface area contributed by atoms with E-state index in [4.69, 9.17) is 4.74 Å². The predicted octanol–water partition coefficient (Wildman–Crippen LogP) is 3.78. The van der Waals surface area contributed by atoms with Gasteiger partial charge < -0.3 is 20.1 Å². The van der Waals surface area contributed by atoms with Crippen LogP contribution < -0.4 is 10.2 Å². The highest BCUT2D eigenvalue weighted by Crippen LogP contribution is 2.27. The van der Waals surface area contributed by atoms with Gasteiger partial charge in [0.25, 0.3) is 5.91 Å². The molecule has 1 aliphatic heterocycles. The highest BCUT2D eigenvalue weighted by molar-refractivity contribution is 9.10. The van der Waals surface area contributed by atoms with Crippen molar-refractivity contribution in [3.05, 3.63) is 64.1 Å². The number of ether oxygens (including phenoxy) is 1. The van der Waals surface area contributed by atoms with Crippen molar-refractivity contribution in [3.8, 4) is 0 Å². The molecule has 0 atom stereocenters. The number of anilines is 2. The van der Waals surface area contributed by atoms with Crippen LogP contribution in [0.1, 0.15) is 20.7 Å². The first-order valence-electron chi connectivity index (χ1n) is 9.09. The van der Waals surface area contributed by atoms with Crippen molar-refractivity contribution in [3.63, 3.8) is 0 Å². The number of carboxylic acids is 1. The zero-order valence-corrected chi connectivity index (χ0v) is 17.0. The maximum absolute atomic E-state index is 12.5. The number of hydrogen-bond donors (Lipinski definition) is 2. The predicted molar refractivity (Wildman–Crippen MR) is 114 cm³/mol. The SMILES string of the molecule is O=C(Nc1ccc2nc(N3CCOCC3)cc(C(=O)O)c2c1)c1ccc(Br)cc1. The largest absolute Gasteiger partial charge is 0.478 e. The molecule has 0 aliphatic carbocycles. The van der Waals surface area contributed by atoms with Gasteiger partial charge in [-0.3, -0.25) is 4.79 Å². The second kappa shape index (κ2) is 8.18. The Morgan fingerprint density at radius 1 is 1.07 bits per heavy atom. The summed E-state index contributed by atoms with van der Waals surface area (Å²) in [7, 11) is 0. The minimum atomic E-state index is -1.04. The van der Waals surface area contributed by atoms with E-state index in [-0.39, 0.29) is 11.5 Å². The second-order valence-corrected chi connectivity index (χ2v) is 7.54. The number of carboxylic acid groups (broad SMARTS) is 1. The first kappa shape index (κ1) is 19.4. The van der Waals surface area contributed by atoms with Crippen LogP contribution in [0.25, 0.3) is 10.9 Å². The van der Waals surface area contributed by atoms with E-state index in [2.05, 4.69) is 26.2 Å². The minimum absolute atomic E-state index is 0.149. The Bertz CT molecular complexity index is 1080. The molecule has 2 heterocycles. The van der Waals surface area contributed by atoms with Crippen LogP contribution in [0.15, 0.2) is 53.0 Å². The molecule has 0 spiro atoms. The fraction of sp³-hybridized carbons (Fsp3) is 0.190. The minimum Gasteiger partial charge on any atom is -0.478 e. The number of hydrogen-bond acceptors (Lipinski definition) is 5. The molecule has 3 aromatic rings. The van der Waals surface area contributed by atoms with Crippen LogP contribution in [-0.4, -0.2) is 48.3 Å². The van der Waals surface area contributed by atoms with E-state index >= 15 is 0 Å². The van der Waals surface area contributed by atoms with Crippen molar-refractivity contribution in [2.45, 2.75) is 0 Å². The number of carbonyl (C=O) groups excluding carboxylic acids is 1. The molecule has 29 heavy (non-hydrogen) atoms. The van der Waals surface area contributed by atoms with Crippen molar-refractivity contribution in [2.24, 2.45) is 0 Å². The van der Waals surface area contributed by atoms with Crippen LogP contribution in [0.3, 0.4) is 0 Å². The third-order valence-electron chi connectivity index (χ3n) is 4.72. The van der Waals surface area contributed by atoms with E-state index in [1.807, 2.05) is 4.90 Å². The van der Waals surface area contributed by atoms with Crippen LogP contribution in [0.4, 0.5) is 11.5 Å². The molecule has 0 bridgehead atoms. The van der Waals surface area contributed by atoms with Crippen LogP contribution in [0, 0.1) is 0 Å². The lowest BCUT2D eigenvalue weighted by atomic mass is 10.1. The second-order valence-electron chi connectivity index (χ2n) is 6.63. The van der Waals surface area contributed by atoms with Gasteiger partial charge in [0.15, 0.2) is 0 Å². The fourth-order valence-electron chi connectivity index (χ4n) is 3.23. The van der Waals surface area contributed by atoms with E-state index in [1.165, 1.54) is 0 Å². The van der Waals surface area contributed by atoms with Gasteiger partial charge in [0.1, 0.15) is 5.82 Å². The molecular formula is C21H18BrN3O4. The fourth-order valence-corrected chi connectivity index (χ4v) is 3.49. The number of benzene rings is 2. The lowest BCUT2D eigenvalue weighted by molar-refractivity contribution is 0.0698. The average molecular weight is 456 g/mol. The highest BCUT2D eigenvalue weighted by Gasteiger charge is 2.18. The van der Waals surface area contributed by atoms with Crippen LogP contribution in [0.2, 0.25) is 0 Å². The van der Waals surface area contributed by atoms with Crippen LogP contribution >= 0.6 is 15.9 Å². The standard InChI is InChI=1S/C21H18BrN3O4/c22-14-3-1-13(2-4-14)20(26)23-15-5-6-18-16(11-15)17(21(27)28)12-19(24-18)25-7-9-29-10-8-25/h1-6,11-12H,7-10H2,(H,23,26)(H,27,28). The quantitative estimate of drug-likeness (QED) is 0.621. The number of morpholine rings is 1. The molecule has 2 aromatic carbocycles. The zero-order valence-electron chi connectivity index (χ0n) is 15.4. The molecule has 1 saturated heterocycles. The summed E-state index contributed by atoms with van der Waals surface area (Å²) < 4.78 is 6.24. The van der Waals surface area contributed by atoms with E-state index < -0.39 is 5.97 Å². The molecule has 8 heteroatoms. The number of halogens is 1. The summed E-state index contributed by atoms with van der Waals surface area (Å²) in [5.41, 5.74) is 1.73. The molecule has 1 aliphatic rings. The van der Waals surface area contributed by atoms with Crippen LogP contribution in [-0.2, 0) is 4.74 Å². The Morgan fingerprint density at radius 2 is 1.79 bits per heavy atom. The smallest absolute Gasteiger partial charge is 0.336 e. The summed E-state index contributed by atoms with van der Waals surface area (Å²) in [6, 6.07) is 13.7. The van der Waals surface area contributed by atoms with Crippen LogP contribution in [0.5, 0.6) is 0 Å². The van der Waals surface area contributed by atoms with Gasteiger partial charge >= 0.3 is 5.97 Å². The summed E-state index contributed by atoms with van der Waals surface area (Å²) in [6.45, 7) is 2.50. The molecule has 0 radical (unpaired) electrons. The van der Waals surface area contributed by atoms with Crippen molar-refractivity contribution >= 4 is 50.2 Å². The number of rotatable bonds is 4. The topological polar surface area (TPSA) is 91.8 Å². The summed E-state index contributed by atoms with van der Waals surface area (Å²) in [4.78, 5) is 31.0. The van der Waals surface area contributed by atoms with Gasteiger partial charge in [-0.1, -0.05) is 15.9 Å². The Hall–Kier alpha value is -2.97. The van der Waals surface area contributed by atoms with E-state index in [0.717, 1.165) is 4.47 Å². The van der Waals surface area contributed by atoms with Gasteiger partial charge in [0, 0.05) is 34.2 Å².